The van der Waals surface area contributed by atoms with Crippen molar-refractivity contribution >= 4 is 18.7 Å². The average Bonchev–Trinajstić information content (AvgIpc) is 3.00. The van der Waals surface area contributed by atoms with Gasteiger partial charge in [0.25, 0.3) is 8.32 Å². The second-order valence-corrected chi connectivity index (χ2v) is 14.9. The summed E-state index contributed by atoms with van der Waals surface area (Å²) < 4.78 is 45.4. The molecular weight excluding hydrogens is 554 g/mol. The second kappa shape index (κ2) is 22.8. The predicted molar refractivity (Wildman–Crippen MR) is 168 cm³/mol. The van der Waals surface area contributed by atoms with Gasteiger partial charge in [0, 0.05) is 6.54 Å². The van der Waals surface area contributed by atoms with Crippen LogP contribution < -0.4 is 16.1 Å². The molecule has 2 aromatic carbocycles. The van der Waals surface area contributed by atoms with E-state index >= 15 is 0 Å². The molecule has 238 valence electrons. The Morgan fingerprint density at radius 1 is 0.452 bits per heavy atom. The molecule has 10 heteroatoms. The Labute approximate surface area is 254 Å². The molecule has 42 heavy (non-hydrogen) atoms. The van der Waals surface area contributed by atoms with Crippen molar-refractivity contribution in [3.05, 3.63) is 60.7 Å². The lowest BCUT2D eigenvalue weighted by atomic mass is 10.2. The maximum absolute atomic E-state index is 6.83. The van der Waals surface area contributed by atoms with Gasteiger partial charge in [-0.25, -0.2) is 0 Å². The summed E-state index contributed by atoms with van der Waals surface area (Å²) in [7, 11) is -2.52. The lowest BCUT2D eigenvalue weighted by Crippen LogP contribution is -2.66. The van der Waals surface area contributed by atoms with Gasteiger partial charge in [-0.3, -0.25) is 0 Å². The zero-order chi connectivity index (χ0) is 30.2. The van der Waals surface area contributed by atoms with Crippen molar-refractivity contribution in [1.29, 1.82) is 0 Å². The van der Waals surface area contributed by atoms with Crippen molar-refractivity contribution in [3.8, 4) is 0 Å². The molecule has 0 radical (unpaired) electrons. The van der Waals surface area contributed by atoms with E-state index in [2.05, 4.69) is 81.4 Å². The van der Waals surface area contributed by atoms with Crippen LogP contribution in [0.5, 0.6) is 0 Å². The molecular formula is C32H53NO8Si. The molecule has 2 aromatic rings. The molecule has 2 N–H and O–H groups in total. The number of nitrogens with two attached hydrogens (primary N) is 1. The minimum Gasteiger partial charge on any atom is -0.405 e. The first-order valence-electron chi connectivity index (χ1n) is 15.0. The highest BCUT2D eigenvalue weighted by Crippen LogP contribution is 2.36. The Kier molecular flexibility index (Phi) is 19.8. The topological polar surface area (TPSA) is 99.9 Å². The molecule has 0 saturated carbocycles. The molecule has 0 aliphatic heterocycles. The van der Waals surface area contributed by atoms with E-state index in [1.54, 1.807) is 0 Å². The first-order valence-corrected chi connectivity index (χ1v) is 16.9. The summed E-state index contributed by atoms with van der Waals surface area (Å²) in [4.78, 5) is 0. The first kappa shape index (κ1) is 36.5. The van der Waals surface area contributed by atoms with Crippen molar-refractivity contribution in [2.45, 2.75) is 25.8 Å². The van der Waals surface area contributed by atoms with Gasteiger partial charge in [0.05, 0.1) is 99.1 Å². The van der Waals surface area contributed by atoms with E-state index in [9.17, 15) is 0 Å². The van der Waals surface area contributed by atoms with Gasteiger partial charge in [-0.15, -0.1) is 0 Å². The molecule has 0 aliphatic carbocycles. The van der Waals surface area contributed by atoms with Crippen molar-refractivity contribution in [2.75, 3.05) is 106 Å². The van der Waals surface area contributed by atoms with Crippen molar-refractivity contribution in [3.63, 3.8) is 0 Å². The minimum atomic E-state index is -2.52. The van der Waals surface area contributed by atoms with Crippen LogP contribution in [-0.2, 0) is 37.6 Å². The smallest absolute Gasteiger partial charge is 0.261 e. The van der Waals surface area contributed by atoms with Gasteiger partial charge in [0.1, 0.15) is 0 Å². The van der Waals surface area contributed by atoms with Gasteiger partial charge in [-0.05, 0) is 15.4 Å². The molecule has 0 aromatic heterocycles. The lowest BCUT2D eigenvalue weighted by molar-refractivity contribution is -0.0211. The van der Waals surface area contributed by atoms with Crippen molar-refractivity contribution in [2.24, 2.45) is 5.73 Å². The van der Waals surface area contributed by atoms with Crippen LogP contribution in [0.1, 0.15) is 20.8 Å². The minimum absolute atomic E-state index is 0.0479. The van der Waals surface area contributed by atoms with E-state index in [0.717, 1.165) is 0 Å². The van der Waals surface area contributed by atoms with Gasteiger partial charge in [0.15, 0.2) is 0 Å². The van der Waals surface area contributed by atoms with Crippen LogP contribution in [0.2, 0.25) is 5.04 Å². The van der Waals surface area contributed by atoms with Crippen LogP contribution in [-0.4, -0.2) is 114 Å². The largest absolute Gasteiger partial charge is 0.405 e. The number of hydrogen-bond donors (Lipinski definition) is 1. The zero-order valence-corrected chi connectivity index (χ0v) is 26.9. The van der Waals surface area contributed by atoms with Crippen LogP contribution in [0.4, 0.5) is 0 Å². The molecule has 0 saturated heterocycles. The summed E-state index contributed by atoms with van der Waals surface area (Å²) in [5.74, 6) is 0. The zero-order valence-electron chi connectivity index (χ0n) is 25.9. The van der Waals surface area contributed by atoms with Crippen LogP contribution in [0.25, 0.3) is 0 Å². The van der Waals surface area contributed by atoms with Gasteiger partial charge in [-0.1, -0.05) is 81.4 Å². The van der Waals surface area contributed by atoms with Gasteiger partial charge < -0.3 is 43.3 Å². The third kappa shape index (κ3) is 14.2. The summed E-state index contributed by atoms with van der Waals surface area (Å²) in [6.45, 7) is 15.3. The van der Waals surface area contributed by atoms with Crippen LogP contribution in [0, 0.1) is 0 Å². The predicted octanol–water partition coefficient (Wildman–Crippen LogP) is 2.64. The Morgan fingerprint density at radius 3 is 1.02 bits per heavy atom. The maximum Gasteiger partial charge on any atom is 0.261 e. The molecule has 0 amide bonds. The highest BCUT2D eigenvalue weighted by Gasteiger charge is 2.49. The normalized spacial score (nSPS) is 12.2. The van der Waals surface area contributed by atoms with Crippen molar-refractivity contribution in [1.82, 2.24) is 0 Å². The number of ether oxygens (including phenoxy) is 7. The van der Waals surface area contributed by atoms with E-state index < -0.39 is 8.32 Å². The Morgan fingerprint density at radius 2 is 0.738 bits per heavy atom. The monoisotopic (exact) mass is 607 g/mol. The Balaban J connectivity index is 1.48. The molecule has 0 unspecified atom stereocenters. The highest BCUT2D eigenvalue weighted by molar-refractivity contribution is 6.99. The standard InChI is InChI=1S/C32H53NO8Si/c1-32(2,3)42(30-10-6-4-7-11-30,31-12-8-5-9-13-31)41-29-28-40-27-26-39-25-24-38-23-22-37-21-20-36-19-18-35-17-16-34-15-14-33/h4-13H,14-29,33H2,1-3H3. The quantitative estimate of drug-likeness (QED) is 0.128. The second-order valence-electron chi connectivity index (χ2n) is 10.6. The Bertz CT molecular complexity index is 846. The van der Waals surface area contributed by atoms with Gasteiger partial charge in [0.2, 0.25) is 0 Å². The van der Waals surface area contributed by atoms with E-state index in [-0.39, 0.29) is 5.04 Å². The lowest BCUT2D eigenvalue weighted by Gasteiger charge is -2.43. The molecule has 0 heterocycles. The third-order valence-corrected chi connectivity index (χ3v) is 11.5. The van der Waals surface area contributed by atoms with E-state index in [1.807, 2.05) is 0 Å². The molecule has 2 rings (SSSR count). The number of rotatable bonds is 26. The van der Waals surface area contributed by atoms with Gasteiger partial charge >= 0.3 is 0 Å². The maximum atomic E-state index is 6.83. The van der Waals surface area contributed by atoms with Crippen molar-refractivity contribution < 1.29 is 37.6 Å². The summed E-state index contributed by atoms with van der Waals surface area (Å²) in [5.41, 5.74) is 5.34. The SMILES string of the molecule is CC(C)(C)[Si](OCCOCCOCCOCCOCCOCCOCCOCCN)(c1ccccc1)c1ccccc1. The molecule has 0 aliphatic rings. The molecule has 0 atom stereocenters. The Hall–Kier alpha value is -1.70. The summed E-state index contributed by atoms with van der Waals surface area (Å²) >= 11 is 0. The van der Waals surface area contributed by atoms with E-state index in [0.29, 0.717) is 106 Å². The molecule has 0 bridgehead atoms. The average molecular weight is 608 g/mol. The number of hydrogen-bond acceptors (Lipinski definition) is 9. The van der Waals surface area contributed by atoms with Crippen LogP contribution in [0.3, 0.4) is 0 Å². The van der Waals surface area contributed by atoms with Crippen LogP contribution >= 0.6 is 0 Å². The molecule has 0 fully saturated rings. The highest BCUT2D eigenvalue weighted by atomic mass is 28.4. The van der Waals surface area contributed by atoms with E-state index in [4.69, 9.17) is 43.3 Å². The van der Waals surface area contributed by atoms with E-state index in [1.165, 1.54) is 10.4 Å². The number of benzene rings is 2. The van der Waals surface area contributed by atoms with Gasteiger partial charge in [-0.2, -0.15) is 0 Å². The third-order valence-electron chi connectivity index (χ3n) is 6.46. The first-order chi connectivity index (χ1) is 20.5. The molecule has 9 nitrogen and oxygen atoms in total. The molecule has 0 spiro atoms. The fourth-order valence-electron chi connectivity index (χ4n) is 4.52. The summed E-state index contributed by atoms with van der Waals surface area (Å²) in [5, 5.41) is 2.49. The fourth-order valence-corrected chi connectivity index (χ4v) is 9.07. The van der Waals surface area contributed by atoms with Crippen LogP contribution in [0.15, 0.2) is 60.7 Å². The summed E-state index contributed by atoms with van der Waals surface area (Å²) in [6.07, 6.45) is 0. The fraction of sp³-hybridized carbons (Fsp3) is 0.625. The summed E-state index contributed by atoms with van der Waals surface area (Å²) in [6, 6.07) is 21.3.